The second-order valence-electron chi connectivity index (χ2n) is 15.0. The molecular weight excluding hydrogens is 661 g/mol. The van der Waals surface area contributed by atoms with Crippen molar-refractivity contribution in [2.75, 3.05) is 18.1 Å². The molecule has 1 N–H and O–H groups in total. The van der Waals surface area contributed by atoms with E-state index >= 15 is 0 Å². The number of carbonyl (C=O) groups is 3. The molecule has 0 radical (unpaired) electrons. The van der Waals surface area contributed by atoms with Gasteiger partial charge in [-0.1, -0.05) is 52.0 Å². The van der Waals surface area contributed by atoms with Gasteiger partial charge in [0.2, 0.25) is 6.29 Å². The standard InChI is InChI=1S/C14H20O4.C13H17F3O.C10H18O3S/c1-4-14(2,3)13(16)18-10-7-5-8-9(6-7)12(15)17-11(8)10;1-4-9(2)10-5-7-11(8-6-10)12(3,17)13(14,15)16;1-4-10(2,3)9(11)13-8-7-14-6-5-12-8/h7-11H,4-6H2,1-3H3;5-9,17H,4H2,1-3H3;8H,4-7H2,1-3H3. The normalized spacial score (nSPS) is 27.8. The van der Waals surface area contributed by atoms with Crippen molar-refractivity contribution in [1.82, 2.24) is 0 Å². The van der Waals surface area contributed by atoms with Gasteiger partial charge in [-0.05, 0) is 83.8 Å². The first-order valence-corrected chi connectivity index (χ1v) is 18.6. The number of halogens is 3. The Morgan fingerprint density at radius 2 is 1.53 bits per heavy atom. The molecule has 2 bridgehead atoms. The third-order valence-electron chi connectivity index (χ3n) is 10.8. The fraction of sp³-hybridized carbons (Fsp3) is 0.757. The lowest BCUT2D eigenvalue weighted by atomic mass is 9.87. The van der Waals surface area contributed by atoms with Crippen LogP contribution in [0.2, 0.25) is 0 Å². The van der Waals surface area contributed by atoms with Gasteiger partial charge in [0.05, 0.1) is 29.1 Å². The predicted octanol–water partition coefficient (Wildman–Crippen LogP) is 7.94. The first-order valence-electron chi connectivity index (χ1n) is 17.4. The molecule has 49 heavy (non-hydrogen) atoms. The molecule has 0 amide bonds. The zero-order valence-corrected chi connectivity index (χ0v) is 31.2. The van der Waals surface area contributed by atoms with E-state index in [4.69, 9.17) is 18.9 Å². The molecule has 2 heterocycles. The van der Waals surface area contributed by atoms with Crippen molar-refractivity contribution < 1.29 is 51.6 Å². The van der Waals surface area contributed by atoms with Crippen molar-refractivity contribution >= 4 is 29.7 Å². The number of hydrogen-bond donors (Lipinski definition) is 1. The van der Waals surface area contributed by atoms with Crippen molar-refractivity contribution in [3.8, 4) is 0 Å². The number of thioether (sulfide) groups is 1. The van der Waals surface area contributed by atoms with Crippen molar-refractivity contribution in [2.45, 2.75) is 131 Å². The second kappa shape index (κ2) is 16.4. The minimum absolute atomic E-state index is 0.0779. The number of ether oxygens (including phenoxy) is 4. The van der Waals surface area contributed by atoms with Gasteiger partial charge < -0.3 is 24.1 Å². The van der Waals surface area contributed by atoms with Crippen molar-refractivity contribution in [2.24, 2.45) is 28.6 Å². The maximum atomic E-state index is 12.6. The van der Waals surface area contributed by atoms with E-state index in [0.29, 0.717) is 24.4 Å². The quantitative estimate of drug-likeness (QED) is 0.201. The van der Waals surface area contributed by atoms with E-state index in [2.05, 4.69) is 0 Å². The number of aliphatic hydroxyl groups is 1. The van der Waals surface area contributed by atoms with Crippen LogP contribution in [0.15, 0.2) is 24.3 Å². The zero-order valence-electron chi connectivity index (χ0n) is 30.4. The molecule has 1 aromatic rings. The summed E-state index contributed by atoms with van der Waals surface area (Å²) >= 11 is 1.76. The van der Waals surface area contributed by atoms with Gasteiger partial charge in [-0.3, -0.25) is 14.4 Å². The molecule has 0 spiro atoms. The zero-order chi connectivity index (χ0) is 36.9. The van der Waals surface area contributed by atoms with E-state index in [1.54, 1.807) is 23.9 Å². The van der Waals surface area contributed by atoms with Crippen LogP contribution in [0.5, 0.6) is 0 Å². The van der Waals surface area contributed by atoms with Gasteiger partial charge in [-0.25, -0.2) is 0 Å². The van der Waals surface area contributed by atoms with E-state index in [0.717, 1.165) is 56.1 Å². The average Bonchev–Trinajstić information content (AvgIpc) is 3.70. The smallest absolute Gasteiger partial charge is 0.421 e. The Morgan fingerprint density at radius 1 is 0.959 bits per heavy atom. The van der Waals surface area contributed by atoms with Crippen LogP contribution in [-0.4, -0.2) is 65.8 Å². The number of esters is 3. The Kier molecular flexibility index (Phi) is 13.7. The largest absolute Gasteiger partial charge is 0.458 e. The molecule has 1 aromatic carbocycles. The first-order chi connectivity index (χ1) is 22.7. The topological polar surface area (TPSA) is 108 Å². The molecule has 4 fully saturated rings. The Hall–Kier alpha value is -2.31. The molecular formula is C37H55F3O8S. The summed E-state index contributed by atoms with van der Waals surface area (Å²) in [6.07, 6.45) is -1.09. The van der Waals surface area contributed by atoms with Gasteiger partial charge in [-0.2, -0.15) is 24.9 Å². The van der Waals surface area contributed by atoms with Crippen molar-refractivity contribution in [3.05, 3.63) is 35.4 Å². The highest BCUT2D eigenvalue weighted by molar-refractivity contribution is 7.99. The third kappa shape index (κ3) is 9.73. The fourth-order valence-corrected chi connectivity index (χ4v) is 6.72. The molecule has 278 valence electrons. The molecule has 4 aliphatic rings. The van der Waals surface area contributed by atoms with Crippen LogP contribution >= 0.6 is 11.8 Å². The van der Waals surface area contributed by atoms with E-state index in [-0.39, 0.29) is 47.9 Å². The molecule has 2 aliphatic carbocycles. The summed E-state index contributed by atoms with van der Waals surface area (Å²) in [5.41, 5.74) is -2.79. The minimum atomic E-state index is -4.66. The average molecular weight is 717 g/mol. The lowest BCUT2D eigenvalue weighted by molar-refractivity contribution is -0.258. The van der Waals surface area contributed by atoms with Gasteiger partial charge in [-0.15, -0.1) is 0 Å². The lowest BCUT2D eigenvalue weighted by Gasteiger charge is -2.29. The minimum Gasteiger partial charge on any atom is -0.458 e. The van der Waals surface area contributed by atoms with Gasteiger partial charge in [0.1, 0.15) is 12.2 Å². The van der Waals surface area contributed by atoms with Crippen LogP contribution in [0.4, 0.5) is 13.2 Å². The summed E-state index contributed by atoms with van der Waals surface area (Å²) < 4.78 is 59.4. The first kappa shape index (κ1) is 41.1. The second-order valence-corrected chi connectivity index (χ2v) is 16.2. The molecule has 12 heteroatoms. The number of carbonyl (C=O) groups excluding carboxylic acids is 3. The maximum absolute atomic E-state index is 12.6. The van der Waals surface area contributed by atoms with E-state index in [1.807, 2.05) is 55.4 Å². The van der Waals surface area contributed by atoms with Crippen LogP contribution in [-0.2, 0) is 38.9 Å². The molecule has 2 saturated heterocycles. The lowest BCUT2D eigenvalue weighted by Crippen LogP contribution is -2.39. The molecule has 2 saturated carbocycles. The summed E-state index contributed by atoms with van der Waals surface area (Å²) in [7, 11) is 0. The Morgan fingerprint density at radius 3 is 2.02 bits per heavy atom. The Balaban J connectivity index is 0.000000201. The number of fused-ring (bicyclic) bond motifs is 1. The third-order valence-corrected chi connectivity index (χ3v) is 11.7. The SMILES string of the molecule is CCC(C)(C)C(=O)OC1C2CC3C(=O)OC1C3C2.CCC(C)(C)C(=O)OC1CSCCO1.CCC(C)c1ccc(C(C)(O)C(F)(F)F)cc1. The molecule has 8 atom stereocenters. The van der Waals surface area contributed by atoms with E-state index in [1.165, 1.54) is 12.1 Å². The molecule has 5 rings (SSSR count). The van der Waals surface area contributed by atoms with E-state index < -0.39 is 22.6 Å². The summed E-state index contributed by atoms with van der Waals surface area (Å²) in [6, 6.07) is 5.97. The number of benzene rings is 1. The predicted molar refractivity (Wildman–Crippen MR) is 182 cm³/mol. The molecule has 0 aromatic heterocycles. The Bertz CT molecular complexity index is 1270. The van der Waals surface area contributed by atoms with Crippen LogP contribution < -0.4 is 0 Å². The van der Waals surface area contributed by atoms with Gasteiger partial charge in [0, 0.05) is 17.6 Å². The Labute approximate surface area is 293 Å². The number of rotatable bonds is 9. The molecule has 8 unspecified atom stereocenters. The number of hydrogen-bond acceptors (Lipinski definition) is 9. The van der Waals surface area contributed by atoms with Gasteiger partial charge >= 0.3 is 24.1 Å². The summed E-state index contributed by atoms with van der Waals surface area (Å²) in [5, 5.41) is 9.48. The highest BCUT2D eigenvalue weighted by atomic mass is 32.2. The van der Waals surface area contributed by atoms with Crippen molar-refractivity contribution in [3.63, 3.8) is 0 Å². The monoisotopic (exact) mass is 716 g/mol. The summed E-state index contributed by atoms with van der Waals surface area (Å²) in [5.74, 6) is 2.35. The maximum Gasteiger partial charge on any atom is 0.421 e. The van der Waals surface area contributed by atoms with E-state index in [9.17, 15) is 32.7 Å². The summed E-state index contributed by atoms with van der Waals surface area (Å²) in [4.78, 5) is 35.4. The van der Waals surface area contributed by atoms with Crippen LogP contribution in [0.1, 0.15) is 111 Å². The van der Waals surface area contributed by atoms with Crippen LogP contribution in [0, 0.1) is 28.6 Å². The molecule has 8 nitrogen and oxygen atoms in total. The van der Waals surface area contributed by atoms with Crippen molar-refractivity contribution in [1.29, 1.82) is 0 Å². The highest BCUT2D eigenvalue weighted by Gasteiger charge is 2.63. The number of alkyl halides is 3. The van der Waals surface area contributed by atoms with Gasteiger partial charge in [0.25, 0.3) is 0 Å². The van der Waals surface area contributed by atoms with Crippen LogP contribution in [0.3, 0.4) is 0 Å². The molecule has 2 aliphatic heterocycles. The highest BCUT2D eigenvalue weighted by Crippen LogP contribution is 2.55. The van der Waals surface area contributed by atoms with Crippen LogP contribution in [0.25, 0.3) is 0 Å². The van der Waals surface area contributed by atoms with Gasteiger partial charge in [0.15, 0.2) is 5.60 Å². The fourth-order valence-electron chi connectivity index (χ4n) is 5.98. The summed E-state index contributed by atoms with van der Waals surface area (Å²) in [6.45, 7) is 17.0.